The molecule has 0 bridgehead atoms. The molecule has 1 atom stereocenters. The van der Waals surface area contributed by atoms with Crippen LogP contribution in [-0.4, -0.2) is 93.5 Å². The molecule has 4 rings (SSSR count). The summed E-state index contributed by atoms with van der Waals surface area (Å²) in [6.45, 7) is 3.23. The van der Waals surface area contributed by atoms with Crippen LogP contribution in [0.2, 0.25) is 0 Å². The van der Waals surface area contributed by atoms with Gasteiger partial charge >= 0.3 is 0 Å². The van der Waals surface area contributed by atoms with E-state index in [4.69, 9.17) is 19.8 Å². The van der Waals surface area contributed by atoms with E-state index >= 15 is 0 Å². The molecule has 2 aromatic rings. The number of hydrogen-bond acceptors (Lipinski definition) is 7. The van der Waals surface area contributed by atoms with Gasteiger partial charge in [-0.15, -0.1) is 0 Å². The summed E-state index contributed by atoms with van der Waals surface area (Å²) in [5, 5.41) is 13.8. The average Bonchev–Trinajstić information content (AvgIpc) is 3.35. The van der Waals surface area contributed by atoms with Gasteiger partial charge in [0.15, 0.2) is 0 Å². The molecular formula is C25H35N5O5. The Morgan fingerprint density at radius 3 is 2.20 bits per heavy atom. The largest absolute Gasteiger partial charge is 0.483 e. The summed E-state index contributed by atoms with van der Waals surface area (Å²) < 4.78 is 0. The highest BCUT2D eigenvalue weighted by Crippen LogP contribution is 2.36. The molecule has 2 fully saturated rings. The highest BCUT2D eigenvalue weighted by Gasteiger charge is 2.34. The zero-order valence-electron chi connectivity index (χ0n) is 20.4. The topological polar surface area (TPSA) is 127 Å². The minimum atomic E-state index is -0.250. The summed E-state index contributed by atoms with van der Waals surface area (Å²) in [6, 6.07) is 10.2. The maximum atomic E-state index is 12.6. The van der Waals surface area contributed by atoms with Gasteiger partial charge < -0.3 is 20.0 Å². The monoisotopic (exact) mass is 485 g/mol. The van der Waals surface area contributed by atoms with Gasteiger partial charge in [-0.2, -0.15) is 0 Å². The number of benzene rings is 1. The molecule has 1 aromatic carbocycles. The summed E-state index contributed by atoms with van der Waals surface area (Å²) in [7, 11) is 4.21. The van der Waals surface area contributed by atoms with E-state index in [1.165, 1.54) is 24.0 Å². The number of hydrogen-bond donors (Lipinski definition) is 2. The van der Waals surface area contributed by atoms with Crippen molar-refractivity contribution in [3.63, 3.8) is 0 Å². The second-order valence-corrected chi connectivity index (χ2v) is 8.70. The number of nitrogens with zero attached hydrogens (tertiary/aromatic N) is 5. The fourth-order valence-electron chi connectivity index (χ4n) is 4.77. The van der Waals surface area contributed by atoms with Crippen LogP contribution in [0.15, 0.2) is 42.9 Å². The van der Waals surface area contributed by atoms with Gasteiger partial charge in [0.2, 0.25) is 0 Å². The second kappa shape index (κ2) is 14.8. The third-order valence-corrected chi connectivity index (χ3v) is 6.16. The maximum absolute atomic E-state index is 12.6. The van der Waals surface area contributed by atoms with Crippen molar-refractivity contribution in [1.82, 2.24) is 24.7 Å². The molecule has 10 heteroatoms. The fraction of sp³-hybridized carbons (Fsp3) is 0.480. The number of carbonyl (C=O) groups excluding carboxylic acids is 1. The molecule has 190 valence electrons. The number of amides is 1. The van der Waals surface area contributed by atoms with E-state index in [2.05, 4.69) is 58.1 Å². The van der Waals surface area contributed by atoms with Gasteiger partial charge in [-0.05, 0) is 57.5 Å². The molecule has 0 saturated carbocycles. The van der Waals surface area contributed by atoms with E-state index in [0.717, 1.165) is 39.0 Å². The van der Waals surface area contributed by atoms with Gasteiger partial charge in [0.1, 0.15) is 5.69 Å². The first kappa shape index (κ1) is 27.9. The van der Waals surface area contributed by atoms with Crippen LogP contribution >= 0.6 is 0 Å². The molecule has 1 amide bonds. The van der Waals surface area contributed by atoms with Crippen molar-refractivity contribution >= 4 is 18.9 Å². The van der Waals surface area contributed by atoms with Crippen LogP contribution in [-0.2, 0) is 16.1 Å². The van der Waals surface area contributed by atoms with Crippen molar-refractivity contribution in [2.24, 2.45) is 0 Å². The summed E-state index contributed by atoms with van der Waals surface area (Å²) in [6.07, 6.45) is 9.28. The molecule has 10 nitrogen and oxygen atoms in total. The molecule has 35 heavy (non-hydrogen) atoms. The van der Waals surface area contributed by atoms with Gasteiger partial charge in [0.05, 0.1) is 6.20 Å². The standard InChI is InChI=1S/C23H31N5O.2CH2O2/c1-26(2)17-18-5-7-19(8-6-18)22-4-3-13-28(22)20-9-14-27(15-10-20)23(29)21-16-24-11-12-25-21;2*2-1-3/h5-8,11-12,16,20,22H,3-4,9-10,13-15,17H2,1-2H3;2*1H,(H,2,3). The number of carboxylic acid groups (broad SMARTS) is 2. The summed E-state index contributed by atoms with van der Waals surface area (Å²) >= 11 is 0. The predicted octanol–water partition coefficient (Wildman–Crippen LogP) is 2.38. The van der Waals surface area contributed by atoms with Gasteiger partial charge in [0, 0.05) is 44.1 Å². The lowest BCUT2D eigenvalue weighted by molar-refractivity contribution is -0.123. The van der Waals surface area contributed by atoms with Gasteiger partial charge in [0.25, 0.3) is 18.9 Å². The van der Waals surface area contributed by atoms with E-state index in [1.54, 1.807) is 18.6 Å². The smallest absolute Gasteiger partial charge is 0.290 e. The normalized spacial score (nSPS) is 18.1. The first-order valence-corrected chi connectivity index (χ1v) is 11.6. The Morgan fingerprint density at radius 2 is 1.66 bits per heavy atom. The first-order chi connectivity index (χ1) is 16.9. The Bertz CT molecular complexity index is 896. The molecule has 2 aliphatic heterocycles. The van der Waals surface area contributed by atoms with E-state index in [0.29, 0.717) is 17.8 Å². The highest BCUT2D eigenvalue weighted by atomic mass is 16.3. The fourth-order valence-corrected chi connectivity index (χ4v) is 4.77. The van der Waals surface area contributed by atoms with Crippen molar-refractivity contribution in [2.45, 2.75) is 44.3 Å². The number of rotatable bonds is 5. The summed E-state index contributed by atoms with van der Waals surface area (Å²) in [4.78, 5) is 44.4. The molecule has 0 aliphatic carbocycles. The molecule has 1 aromatic heterocycles. The van der Waals surface area contributed by atoms with Crippen LogP contribution in [0, 0.1) is 0 Å². The Morgan fingerprint density at radius 1 is 1.03 bits per heavy atom. The molecule has 2 aliphatic rings. The lowest BCUT2D eigenvalue weighted by atomic mass is 9.98. The van der Waals surface area contributed by atoms with Gasteiger partial charge in [-0.25, -0.2) is 4.98 Å². The van der Waals surface area contributed by atoms with Crippen molar-refractivity contribution in [3.8, 4) is 0 Å². The number of likely N-dealkylation sites (tertiary alicyclic amines) is 2. The lowest BCUT2D eigenvalue weighted by Crippen LogP contribution is -2.46. The van der Waals surface area contributed by atoms with E-state index in [9.17, 15) is 4.79 Å². The van der Waals surface area contributed by atoms with Crippen LogP contribution in [0.25, 0.3) is 0 Å². The zero-order valence-corrected chi connectivity index (χ0v) is 20.4. The molecule has 1 unspecified atom stereocenters. The summed E-state index contributed by atoms with van der Waals surface area (Å²) in [5.41, 5.74) is 3.24. The third-order valence-electron chi connectivity index (χ3n) is 6.16. The molecule has 3 heterocycles. The predicted molar refractivity (Wildman–Crippen MR) is 131 cm³/mol. The lowest BCUT2D eigenvalue weighted by Gasteiger charge is -2.39. The van der Waals surface area contributed by atoms with E-state index in [-0.39, 0.29) is 18.9 Å². The minimum Gasteiger partial charge on any atom is -0.483 e. The van der Waals surface area contributed by atoms with Gasteiger partial charge in [-0.1, -0.05) is 24.3 Å². The van der Waals surface area contributed by atoms with Crippen LogP contribution in [0.3, 0.4) is 0 Å². The van der Waals surface area contributed by atoms with Crippen molar-refractivity contribution < 1.29 is 24.6 Å². The number of aromatic nitrogens is 2. The number of carbonyl (C=O) groups is 3. The van der Waals surface area contributed by atoms with Crippen LogP contribution in [0.1, 0.15) is 53.3 Å². The SMILES string of the molecule is CN(C)Cc1ccc(C2CCCN2C2CCN(C(=O)c3cnccn3)CC2)cc1.O=CO.O=CO. The van der Waals surface area contributed by atoms with Crippen LogP contribution < -0.4 is 0 Å². The highest BCUT2D eigenvalue weighted by molar-refractivity contribution is 5.92. The molecular weight excluding hydrogens is 450 g/mol. The maximum Gasteiger partial charge on any atom is 0.290 e. The first-order valence-electron chi connectivity index (χ1n) is 11.6. The number of piperidine rings is 1. The van der Waals surface area contributed by atoms with E-state index in [1.807, 2.05) is 4.90 Å². The zero-order chi connectivity index (χ0) is 25.6. The Hall–Kier alpha value is -3.37. The van der Waals surface area contributed by atoms with Crippen molar-refractivity contribution in [2.75, 3.05) is 33.7 Å². The minimum absolute atomic E-state index is 0.00556. The van der Waals surface area contributed by atoms with Crippen molar-refractivity contribution in [1.29, 1.82) is 0 Å². The van der Waals surface area contributed by atoms with Crippen LogP contribution in [0.5, 0.6) is 0 Å². The molecule has 2 saturated heterocycles. The van der Waals surface area contributed by atoms with Crippen LogP contribution in [0.4, 0.5) is 0 Å². The molecule has 2 N–H and O–H groups in total. The Kier molecular flexibility index (Phi) is 11.8. The third kappa shape index (κ3) is 8.41. The van der Waals surface area contributed by atoms with E-state index < -0.39 is 0 Å². The van der Waals surface area contributed by atoms with Crippen molar-refractivity contribution in [3.05, 3.63) is 59.7 Å². The summed E-state index contributed by atoms with van der Waals surface area (Å²) in [5.74, 6) is 0.00556. The molecule has 0 spiro atoms. The molecule has 0 radical (unpaired) electrons. The Labute approximate surface area is 206 Å². The quantitative estimate of drug-likeness (QED) is 0.614. The Balaban J connectivity index is 0.000000655. The average molecular weight is 486 g/mol. The second-order valence-electron chi connectivity index (χ2n) is 8.70. The van der Waals surface area contributed by atoms with Gasteiger partial charge in [-0.3, -0.25) is 24.3 Å².